The van der Waals surface area contributed by atoms with Crippen LogP contribution in [-0.2, 0) is 22.5 Å². The maximum absolute atomic E-state index is 14.3. The van der Waals surface area contributed by atoms with Gasteiger partial charge in [0, 0.05) is 18.6 Å². The number of hydrogen-bond acceptors (Lipinski definition) is 4. The van der Waals surface area contributed by atoms with Crippen molar-refractivity contribution < 1.29 is 23.8 Å². The minimum atomic E-state index is -0.650. The Morgan fingerprint density at radius 3 is 2.67 bits per heavy atom. The highest BCUT2D eigenvalue weighted by atomic mass is 19.1. The summed E-state index contributed by atoms with van der Waals surface area (Å²) in [4.78, 5) is 12.2. The molecule has 0 aromatic heterocycles. The van der Waals surface area contributed by atoms with Gasteiger partial charge in [0.15, 0.2) is 0 Å². The zero-order valence-corrected chi connectivity index (χ0v) is 16.2. The van der Waals surface area contributed by atoms with Crippen molar-refractivity contribution >= 4 is 5.97 Å². The predicted molar refractivity (Wildman–Crippen MR) is 101 cm³/mol. The van der Waals surface area contributed by atoms with Crippen LogP contribution in [0.2, 0.25) is 0 Å². The first-order valence-electron chi connectivity index (χ1n) is 10.4. The van der Waals surface area contributed by atoms with Crippen LogP contribution in [0.15, 0.2) is 12.1 Å². The Bertz CT molecular complexity index is 637. The number of aliphatic hydroxyl groups excluding tert-OH is 1. The van der Waals surface area contributed by atoms with Gasteiger partial charge in [-0.05, 0) is 43.6 Å². The second-order valence-electron chi connectivity index (χ2n) is 7.93. The molecule has 0 spiro atoms. The fourth-order valence-corrected chi connectivity index (χ4v) is 4.20. The van der Waals surface area contributed by atoms with E-state index in [4.69, 9.17) is 14.6 Å². The third-order valence-electron chi connectivity index (χ3n) is 5.90. The molecule has 5 heteroatoms. The van der Waals surface area contributed by atoms with Crippen LogP contribution in [0.25, 0.3) is 0 Å². The van der Waals surface area contributed by atoms with Crippen LogP contribution < -0.4 is 0 Å². The minimum Gasteiger partial charge on any atom is -0.458 e. The Balaban J connectivity index is 1.47. The summed E-state index contributed by atoms with van der Waals surface area (Å²) in [6, 6.07) is 3.28. The van der Waals surface area contributed by atoms with Crippen molar-refractivity contribution in [2.24, 2.45) is 5.92 Å². The van der Waals surface area contributed by atoms with Gasteiger partial charge in [0.05, 0.1) is 18.3 Å². The van der Waals surface area contributed by atoms with E-state index in [2.05, 4.69) is 6.92 Å². The molecule has 0 radical (unpaired) electrons. The van der Waals surface area contributed by atoms with Gasteiger partial charge in [-0.2, -0.15) is 0 Å². The van der Waals surface area contributed by atoms with Crippen molar-refractivity contribution in [1.29, 1.82) is 0 Å². The number of carbonyl (C=O) groups excluding carboxylic acids is 1. The number of carbonyl (C=O) groups is 1. The van der Waals surface area contributed by atoms with E-state index in [9.17, 15) is 9.18 Å². The lowest BCUT2D eigenvalue weighted by Crippen LogP contribution is -2.31. The van der Waals surface area contributed by atoms with E-state index in [1.807, 2.05) is 0 Å². The molecule has 3 unspecified atom stereocenters. The number of unbranched alkanes of at least 4 members (excludes halogenated alkanes) is 2. The van der Waals surface area contributed by atoms with Gasteiger partial charge in [0.25, 0.3) is 0 Å². The maximum Gasteiger partial charge on any atom is 0.341 e. The first kappa shape index (κ1) is 20.3. The highest BCUT2D eigenvalue weighted by Gasteiger charge is 2.31. The summed E-state index contributed by atoms with van der Waals surface area (Å²) in [7, 11) is 0. The Hall–Kier alpha value is -1.46. The number of fused-ring (bicyclic) bond motifs is 1. The molecule has 0 bridgehead atoms. The molecule has 1 fully saturated rings. The molecule has 1 aromatic rings. The monoisotopic (exact) mass is 378 g/mol. The van der Waals surface area contributed by atoms with E-state index >= 15 is 0 Å². The SMILES string of the molecule is CCCCCC1CCC(CCC2Cc3ccc(CO)c(F)c3C(=O)O2)OC1. The summed E-state index contributed by atoms with van der Waals surface area (Å²) in [6.45, 7) is 2.65. The van der Waals surface area contributed by atoms with Crippen molar-refractivity contribution in [2.75, 3.05) is 6.61 Å². The zero-order chi connectivity index (χ0) is 19.2. The molecule has 4 nitrogen and oxygen atoms in total. The predicted octanol–water partition coefficient (Wildman–Crippen LogP) is 4.56. The second kappa shape index (κ2) is 9.65. The van der Waals surface area contributed by atoms with E-state index in [0.717, 1.165) is 25.9 Å². The molecule has 150 valence electrons. The van der Waals surface area contributed by atoms with Crippen LogP contribution in [0.5, 0.6) is 0 Å². The van der Waals surface area contributed by atoms with E-state index in [1.165, 1.54) is 32.1 Å². The Morgan fingerprint density at radius 2 is 1.96 bits per heavy atom. The van der Waals surface area contributed by atoms with Gasteiger partial charge in [-0.3, -0.25) is 0 Å². The van der Waals surface area contributed by atoms with Crippen molar-refractivity contribution in [1.82, 2.24) is 0 Å². The number of hydrogen-bond donors (Lipinski definition) is 1. The van der Waals surface area contributed by atoms with Crippen molar-refractivity contribution in [3.63, 3.8) is 0 Å². The number of esters is 1. The van der Waals surface area contributed by atoms with Crippen LogP contribution in [0, 0.1) is 11.7 Å². The lowest BCUT2D eigenvalue weighted by molar-refractivity contribution is -0.0317. The quantitative estimate of drug-likeness (QED) is 0.532. The van der Waals surface area contributed by atoms with E-state index in [0.29, 0.717) is 17.9 Å². The summed E-state index contributed by atoms with van der Waals surface area (Å²) in [5.41, 5.74) is 0.793. The Kier molecular flexibility index (Phi) is 7.25. The summed E-state index contributed by atoms with van der Waals surface area (Å²) >= 11 is 0. The Morgan fingerprint density at radius 1 is 1.15 bits per heavy atom. The van der Waals surface area contributed by atoms with Gasteiger partial charge in [0.2, 0.25) is 0 Å². The number of rotatable bonds is 8. The fourth-order valence-electron chi connectivity index (χ4n) is 4.20. The molecule has 1 aromatic carbocycles. The first-order valence-corrected chi connectivity index (χ1v) is 10.4. The second-order valence-corrected chi connectivity index (χ2v) is 7.93. The largest absolute Gasteiger partial charge is 0.458 e. The number of cyclic esters (lactones) is 1. The molecule has 2 heterocycles. The average Bonchev–Trinajstić information content (AvgIpc) is 2.67. The maximum atomic E-state index is 14.3. The number of aliphatic hydroxyl groups is 1. The normalized spacial score (nSPS) is 25.1. The van der Waals surface area contributed by atoms with Crippen LogP contribution in [-0.4, -0.2) is 29.9 Å². The molecular formula is C22H31FO4. The van der Waals surface area contributed by atoms with Crippen LogP contribution in [0.4, 0.5) is 4.39 Å². The zero-order valence-electron chi connectivity index (χ0n) is 16.2. The Labute approximate surface area is 161 Å². The van der Waals surface area contributed by atoms with E-state index < -0.39 is 18.4 Å². The lowest BCUT2D eigenvalue weighted by atomic mass is 9.90. The van der Waals surface area contributed by atoms with Crippen molar-refractivity contribution in [2.45, 2.75) is 83.5 Å². The molecule has 0 saturated carbocycles. The van der Waals surface area contributed by atoms with Gasteiger partial charge >= 0.3 is 5.97 Å². The standard InChI is InChI=1S/C22H31FO4/c1-2-3-4-5-15-6-9-18(26-14-15)10-11-19-12-16-7-8-17(13-24)21(23)20(16)22(25)27-19/h7-8,15,18-19,24H,2-6,9-14H2,1H3. The van der Waals surface area contributed by atoms with Crippen molar-refractivity contribution in [3.8, 4) is 0 Å². The molecule has 2 aliphatic rings. The van der Waals surface area contributed by atoms with Gasteiger partial charge < -0.3 is 14.6 Å². The van der Waals surface area contributed by atoms with Gasteiger partial charge in [0.1, 0.15) is 11.9 Å². The van der Waals surface area contributed by atoms with Crippen LogP contribution in [0.3, 0.4) is 0 Å². The molecule has 2 aliphatic heterocycles. The van der Waals surface area contributed by atoms with Gasteiger partial charge in [-0.25, -0.2) is 9.18 Å². The molecule has 1 N–H and O–H groups in total. The van der Waals surface area contributed by atoms with Crippen LogP contribution >= 0.6 is 0 Å². The molecule has 1 saturated heterocycles. The molecule has 3 rings (SSSR count). The van der Waals surface area contributed by atoms with Gasteiger partial charge in [-0.15, -0.1) is 0 Å². The molecule has 27 heavy (non-hydrogen) atoms. The summed E-state index contributed by atoms with van der Waals surface area (Å²) < 4.78 is 25.8. The van der Waals surface area contributed by atoms with Crippen molar-refractivity contribution in [3.05, 3.63) is 34.6 Å². The third-order valence-corrected chi connectivity index (χ3v) is 5.90. The smallest absolute Gasteiger partial charge is 0.341 e. The number of benzene rings is 1. The van der Waals surface area contributed by atoms with Crippen LogP contribution in [0.1, 0.15) is 79.8 Å². The highest BCUT2D eigenvalue weighted by Crippen LogP contribution is 2.30. The lowest BCUT2D eigenvalue weighted by Gasteiger charge is -2.31. The topological polar surface area (TPSA) is 55.8 Å². The van der Waals surface area contributed by atoms with Gasteiger partial charge in [-0.1, -0.05) is 38.3 Å². The van der Waals surface area contributed by atoms with E-state index in [-0.39, 0.29) is 23.3 Å². The molecule has 0 aliphatic carbocycles. The summed E-state index contributed by atoms with van der Waals surface area (Å²) in [5.74, 6) is -0.575. The first-order chi connectivity index (χ1) is 13.1. The number of halogens is 1. The average molecular weight is 378 g/mol. The molecule has 3 atom stereocenters. The third kappa shape index (κ3) is 5.08. The fraction of sp³-hybridized carbons (Fsp3) is 0.682. The summed E-state index contributed by atoms with van der Waals surface area (Å²) in [6.07, 6.45) is 9.54. The number of ether oxygens (including phenoxy) is 2. The minimum absolute atomic E-state index is 0.0124. The summed E-state index contributed by atoms with van der Waals surface area (Å²) in [5, 5.41) is 9.16. The van der Waals surface area contributed by atoms with E-state index in [1.54, 1.807) is 12.1 Å². The molecule has 0 amide bonds. The molecular weight excluding hydrogens is 347 g/mol. The highest BCUT2D eigenvalue weighted by molar-refractivity contribution is 5.92.